The van der Waals surface area contributed by atoms with Crippen molar-refractivity contribution in [2.24, 2.45) is 5.92 Å². The maximum Gasteiger partial charge on any atom is 0.162 e. The molecule has 3 nitrogen and oxygen atoms in total. The molecule has 134 valence electrons. The molecule has 2 aromatic rings. The molecule has 2 aromatic carbocycles. The van der Waals surface area contributed by atoms with Gasteiger partial charge < -0.3 is 9.47 Å². The number of hydrogen-bond acceptors (Lipinski definition) is 3. The Balaban J connectivity index is 1.89. The van der Waals surface area contributed by atoms with Crippen LogP contribution in [-0.2, 0) is 13.0 Å². The molecule has 0 aromatic heterocycles. The maximum atomic E-state index is 6.13. The second-order valence-electron chi connectivity index (χ2n) is 7.35. The summed E-state index contributed by atoms with van der Waals surface area (Å²) >= 11 is 0. The molecular formula is C22H29NO2. The van der Waals surface area contributed by atoms with Gasteiger partial charge in [-0.25, -0.2) is 0 Å². The normalized spacial score (nSPS) is 17.4. The lowest BCUT2D eigenvalue weighted by Gasteiger charge is -2.36. The molecule has 1 heterocycles. The zero-order valence-electron chi connectivity index (χ0n) is 15.8. The summed E-state index contributed by atoms with van der Waals surface area (Å²) in [6.45, 7) is 6.23. The number of fused-ring (bicyclic) bond motifs is 1. The highest BCUT2D eigenvalue weighted by molar-refractivity contribution is 5.49. The Bertz CT molecular complexity index is 697. The summed E-state index contributed by atoms with van der Waals surface area (Å²) in [6.07, 6.45) is 2.23. The first-order valence-corrected chi connectivity index (χ1v) is 9.16. The average Bonchev–Trinajstić information content (AvgIpc) is 2.62. The average molecular weight is 339 g/mol. The fourth-order valence-corrected chi connectivity index (χ4v) is 3.60. The number of methoxy groups -OCH3 is 1. The molecule has 3 rings (SSSR count). The lowest BCUT2D eigenvalue weighted by Crippen LogP contribution is -2.33. The fourth-order valence-electron chi connectivity index (χ4n) is 3.60. The Morgan fingerprint density at radius 2 is 1.88 bits per heavy atom. The minimum absolute atomic E-state index is 0.453. The molecule has 0 N–H and O–H groups in total. The predicted molar refractivity (Wildman–Crippen MR) is 102 cm³/mol. The molecule has 0 aliphatic carbocycles. The highest BCUT2D eigenvalue weighted by atomic mass is 16.5. The lowest BCUT2D eigenvalue weighted by atomic mass is 9.87. The van der Waals surface area contributed by atoms with Crippen molar-refractivity contribution in [3.63, 3.8) is 0 Å². The van der Waals surface area contributed by atoms with E-state index in [2.05, 4.69) is 50.1 Å². The van der Waals surface area contributed by atoms with Crippen molar-refractivity contribution in [3.05, 3.63) is 59.2 Å². The molecule has 0 spiro atoms. The molecule has 0 saturated heterocycles. The van der Waals surface area contributed by atoms with Gasteiger partial charge in [-0.2, -0.15) is 0 Å². The van der Waals surface area contributed by atoms with Crippen molar-refractivity contribution in [3.8, 4) is 11.5 Å². The van der Waals surface area contributed by atoms with Crippen molar-refractivity contribution >= 4 is 0 Å². The molecule has 1 aliphatic rings. The third-order valence-corrected chi connectivity index (χ3v) is 4.98. The SMILES string of the molecule is COc1cc2c(cc1OCc1ccccc1)[C@@H](CC(C)C)N(C)CC2. The number of nitrogens with zero attached hydrogens (tertiary/aromatic N) is 1. The number of benzene rings is 2. The van der Waals surface area contributed by atoms with E-state index in [0.29, 0.717) is 18.6 Å². The molecular weight excluding hydrogens is 310 g/mol. The van der Waals surface area contributed by atoms with Crippen LogP contribution in [0.4, 0.5) is 0 Å². The molecule has 3 heteroatoms. The van der Waals surface area contributed by atoms with E-state index in [4.69, 9.17) is 9.47 Å². The smallest absolute Gasteiger partial charge is 0.162 e. The molecule has 0 bridgehead atoms. The topological polar surface area (TPSA) is 21.7 Å². The highest BCUT2D eigenvalue weighted by Crippen LogP contribution is 2.40. The van der Waals surface area contributed by atoms with E-state index in [0.717, 1.165) is 36.4 Å². The van der Waals surface area contributed by atoms with Gasteiger partial charge in [0.1, 0.15) is 6.61 Å². The van der Waals surface area contributed by atoms with E-state index in [1.165, 1.54) is 11.1 Å². The molecule has 1 atom stereocenters. The van der Waals surface area contributed by atoms with Crippen LogP contribution in [0.15, 0.2) is 42.5 Å². The van der Waals surface area contributed by atoms with Crippen molar-refractivity contribution in [2.75, 3.05) is 20.7 Å². The largest absolute Gasteiger partial charge is 0.493 e. The van der Waals surface area contributed by atoms with Crippen LogP contribution in [0.1, 0.15) is 43.0 Å². The van der Waals surface area contributed by atoms with Gasteiger partial charge in [-0.1, -0.05) is 44.2 Å². The van der Waals surface area contributed by atoms with Crippen LogP contribution in [0.3, 0.4) is 0 Å². The Kier molecular flexibility index (Phi) is 5.64. The van der Waals surface area contributed by atoms with E-state index in [9.17, 15) is 0 Å². The summed E-state index contributed by atoms with van der Waals surface area (Å²) < 4.78 is 11.7. The van der Waals surface area contributed by atoms with Crippen molar-refractivity contribution in [1.82, 2.24) is 4.90 Å². The van der Waals surface area contributed by atoms with Gasteiger partial charge >= 0.3 is 0 Å². The molecule has 0 amide bonds. The standard InChI is InChI=1S/C22H29NO2/c1-16(2)12-20-19-14-22(25-15-17-8-6-5-7-9-17)21(24-4)13-18(19)10-11-23(20)3/h5-9,13-14,16,20H,10-12,15H2,1-4H3/t20-/m1/s1. The van der Waals surface area contributed by atoms with E-state index in [1.54, 1.807) is 7.11 Å². The van der Waals surface area contributed by atoms with Gasteiger partial charge in [0.2, 0.25) is 0 Å². The second kappa shape index (κ2) is 7.92. The first kappa shape index (κ1) is 17.8. The Morgan fingerprint density at radius 1 is 1.12 bits per heavy atom. The van der Waals surface area contributed by atoms with E-state index < -0.39 is 0 Å². The number of hydrogen-bond donors (Lipinski definition) is 0. The summed E-state index contributed by atoms with van der Waals surface area (Å²) in [5.74, 6) is 2.34. The Hall–Kier alpha value is -2.00. The third kappa shape index (κ3) is 4.16. The summed E-state index contributed by atoms with van der Waals surface area (Å²) in [7, 11) is 3.95. The van der Waals surface area contributed by atoms with Gasteiger partial charge in [0, 0.05) is 12.6 Å². The summed E-state index contributed by atoms with van der Waals surface area (Å²) in [5.41, 5.74) is 3.96. The molecule has 1 aliphatic heterocycles. The van der Waals surface area contributed by atoms with Crippen LogP contribution in [0.25, 0.3) is 0 Å². The van der Waals surface area contributed by atoms with Crippen molar-refractivity contribution < 1.29 is 9.47 Å². The third-order valence-electron chi connectivity index (χ3n) is 4.98. The number of ether oxygens (including phenoxy) is 2. The van der Waals surface area contributed by atoms with Crippen LogP contribution >= 0.6 is 0 Å². The first-order chi connectivity index (χ1) is 12.1. The maximum absolute atomic E-state index is 6.13. The molecule has 0 radical (unpaired) electrons. The van der Waals surface area contributed by atoms with E-state index in [1.807, 2.05) is 18.2 Å². The zero-order chi connectivity index (χ0) is 17.8. The number of likely N-dealkylation sites (N-methyl/N-ethyl adjacent to an activating group) is 1. The van der Waals surface area contributed by atoms with Crippen LogP contribution in [0.2, 0.25) is 0 Å². The van der Waals surface area contributed by atoms with Gasteiger partial charge in [0.05, 0.1) is 7.11 Å². The quantitative estimate of drug-likeness (QED) is 0.751. The summed E-state index contributed by atoms with van der Waals surface area (Å²) in [5, 5.41) is 0. The van der Waals surface area contributed by atoms with Crippen molar-refractivity contribution in [2.45, 2.75) is 39.3 Å². The minimum atomic E-state index is 0.453. The van der Waals surface area contributed by atoms with Crippen LogP contribution in [0.5, 0.6) is 11.5 Å². The first-order valence-electron chi connectivity index (χ1n) is 9.16. The van der Waals surface area contributed by atoms with Gasteiger partial charge in [0.15, 0.2) is 11.5 Å². The molecule has 0 saturated carbocycles. The Labute approximate surface area is 151 Å². The van der Waals surface area contributed by atoms with Crippen LogP contribution < -0.4 is 9.47 Å². The van der Waals surface area contributed by atoms with Crippen LogP contribution in [-0.4, -0.2) is 25.6 Å². The Morgan fingerprint density at radius 3 is 2.56 bits per heavy atom. The van der Waals surface area contributed by atoms with E-state index in [-0.39, 0.29) is 0 Å². The zero-order valence-corrected chi connectivity index (χ0v) is 15.8. The van der Waals surface area contributed by atoms with Gasteiger partial charge in [-0.3, -0.25) is 4.90 Å². The summed E-state index contributed by atoms with van der Waals surface area (Å²) in [6, 6.07) is 15.1. The monoisotopic (exact) mass is 339 g/mol. The number of rotatable bonds is 6. The lowest BCUT2D eigenvalue weighted by molar-refractivity contribution is 0.200. The molecule has 0 fully saturated rings. The molecule has 25 heavy (non-hydrogen) atoms. The highest BCUT2D eigenvalue weighted by Gasteiger charge is 2.27. The predicted octanol–water partition coefficient (Wildman–Crippen LogP) is 4.85. The van der Waals surface area contributed by atoms with Gasteiger partial charge in [-0.05, 0) is 54.6 Å². The second-order valence-corrected chi connectivity index (χ2v) is 7.35. The van der Waals surface area contributed by atoms with Gasteiger partial charge in [-0.15, -0.1) is 0 Å². The summed E-state index contributed by atoms with van der Waals surface area (Å²) in [4.78, 5) is 2.47. The minimum Gasteiger partial charge on any atom is -0.493 e. The fraction of sp³-hybridized carbons (Fsp3) is 0.455. The van der Waals surface area contributed by atoms with Crippen molar-refractivity contribution in [1.29, 1.82) is 0 Å². The molecule has 0 unspecified atom stereocenters. The van der Waals surface area contributed by atoms with Crippen LogP contribution in [0, 0.1) is 5.92 Å². The van der Waals surface area contributed by atoms with E-state index >= 15 is 0 Å². The van der Waals surface area contributed by atoms with Gasteiger partial charge in [0.25, 0.3) is 0 Å².